The number of amides is 8. The molecule has 8 amide bonds. The van der Waals surface area contributed by atoms with Crippen molar-refractivity contribution < 1.29 is 48.6 Å². The van der Waals surface area contributed by atoms with Gasteiger partial charge < -0.3 is 54.0 Å². The van der Waals surface area contributed by atoms with Crippen LogP contribution >= 0.6 is 0 Å². The largest absolute Gasteiger partial charge is 0.394 e. The molecule has 0 saturated carbocycles. The first kappa shape index (κ1) is 37.7. The summed E-state index contributed by atoms with van der Waals surface area (Å²) in [6.07, 6.45) is -0.702. The van der Waals surface area contributed by atoms with Crippen LogP contribution in [-0.2, 0) is 38.4 Å². The summed E-state index contributed by atoms with van der Waals surface area (Å²) < 4.78 is 0. The number of hydrogen-bond donors (Lipinski definition) is 10. The second-order valence-electron chi connectivity index (χ2n) is 9.59. The maximum atomic E-state index is 13.3. The molecule has 0 aliphatic heterocycles. The molecular formula is C24H42N8O10. The third-order valence-electron chi connectivity index (χ3n) is 6.14. The van der Waals surface area contributed by atoms with Gasteiger partial charge >= 0.3 is 0 Å². The van der Waals surface area contributed by atoms with Gasteiger partial charge in [0.15, 0.2) is 0 Å². The first-order valence-corrected chi connectivity index (χ1v) is 13.1. The van der Waals surface area contributed by atoms with E-state index in [1.54, 1.807) is 13.8 Å². The van der Waals surface area contributed by atoms with Gasteiger partial charge in [0.1, 0.15) is 30.2 Å². The minimum absolute atomic E-state index is 0.142. The molecule has 0 aromatic carbocycles. The smallest absolute Gasteiger partial charge is 0.245 e. The van der Waals surface area contributed by atoms with Crippen LogP contribution in [0.1, 0.15) is 52.9 Å². The van der Waals surface area contributed by atoms with Crippen molar-refractivity contribution in [3.05, 3.63) is 0 Å². The lowest BCUT2D eigenvalue weighted by molar-refractivity contribution is -0.136. The van der Waals surface area contributed by atoms with E-state index >= 15 is 0 Å². The Kier molecular flexibility index (Phi) is 17.0. The van der Waals surface area contributed by atoms with E-state index in [1.807, 2.05) is 0 Å². The summed E-state index contributed by atoms with van der Waals surface area (Å²) >= 11 is 0. The van der Waals surface area contributed by atoms with Crippen LogP contribution in [0, 0.1) is 5.92 Å². The van der Waals surface area contributed by atoms with Crippen molar-refractivity contribution in [2.24, 2.45) is 23.1 Å². The summed E-state index contributed by atoms with van der Waals surface area (Å²) in [5.41, 5.74) is 15.4. The fourth-order valence-corrected chi connectivity index (χ4v) is 3.52. The number of rotatable bonds is 20. The highest BCUT2D eigenvalue weighted by Crippen LogP contribution is 2.11. The number of aliphatic hydroxyl groups excluding tert-OH is 2. The van der Waals surface area contributed by atoms with E-state index in [4.69, 9.17) is 17.2 Å². The van der Waals surface area contributed by atoms with E-state index in [1.165, 1.54) is 0 Å². The number of carbonyl (C=O) groups excluding carboxylic acids is 8. The molecule has 0 aliphatic rings. The number of nitrogens with two attached hydrogens (primary N) is 3. The Hall–Kier alpha value is -4.32. The number of carbonyl (C=O) groups is 8. The lowest BCUT2D eigenvalue weighted by Gasteiger charge is -2.28. The van der Waals surface area contributed by atoms with Gasteiger partial charge in [-0.2, -0.15) is 0 Å². The fourth-order valence-electron chi connectivity index (χ4n) is 3.52. The van der Waals surface area contributed by atoms with Crippen molar-refractivity contribution >= 4 is 47.3 Å². The molecule has 42 heavy (non-hydrogen) atoms. The lowest BCUT2D eigenvalue weighted by atomic mass is 9.96. The molecule has 18 nitrogen and oxygen atoms in total. The van der Waals surface area contributed by atoms with Gasteiger partial charge in [0, 0.05) is 19.8 Å². The summed E-state index contributed by atoms with van der Waals surface area (Å²) in [5, 5.41) is 30.3. The summed E-state index contributed by atoms with van der Waals surface area (Å²) in [6, 6.07) is -7.09. The van der Waals surface area contributed by atoms with Crippen molar-refractivity contribution in [3.63, 3.8) is 0 Å². The second-order valence-corrected chi connectivity index (χ2v) is 9.59. The van der Waals surface area contributed by atoms with Crippen LogP contribution in [0.3, 0.4) is 0 Å². The minimum Gasteiger partial charge on any atom is -0.394 e. The van der Waals surface area contributed by atoms with Crippen LogP contribution in [0.5, 0.6) is 0 Å². The highest BCUT2D eigenvalue weighted by molar-refractivity contribution is 5.96. The maximum absolute atomic E-state index is 13.3. The molecule has 0 rings (SSSR count). The minimum atomic E-state index is -1.65. The summed E-state index contributed by atoms with van der Waals surface area (Å²) in [7, 11) is 0. The van der Waals surface area contributed by atoms with Crippen molar-refractivity contribution in [3.8, 4) is 0 Å². The average Bonchev–Trinajstić information content (AvgIpc) is 2.91. The third-order valence-corrected chi connectivity index (χ3v) is 6.14. The molecule has 0 fully saturated rings. The first-order chi connectivity index (χ1) is 19.6. The SMILES string of the molecule is CC[C@H](C)[C@H](NC(=O)[C@H](CCC(N)=O)NC(C)=O)C(=O)N[C@@H](CCC(N)=O)C(=O)N[C@@H](CO)C(=O)N[C@@H](CO)C(N)=O. The maximum Gasteiger partial charge on any atom is 0.245 e. The van der Waals surface area contributed by atoms with Crippen LogP contribution < -0.4 is 43.8 Å². The van der Waals surface area contributed by atoms with E-state index in [0.717, 1.165) is 6.92 Å². The van der Waals surface area contributed by atoms with Gasteiger partial charge in [-0.25, -0.2) is 0 Å². The number of hydrogen-bond acceptors (Lipinski definition) is 10. The predicted molar refractivity (Wildman–Crippen MR) is 145 cm³/mol. The topological polar surface area (TPSA) is 315 Å². The Morgan fingerprint density at radius 2 is 1.02 bits per heavy atom. The van der Waals surface area contributed by atoms with Crippen molar-refractivity contribution in [2.75, 3.05) is 13.2 Å². The van der Waals surface area contributed by atoms with Crippen molar-refractivity contribution in [1.29, 1.82) is 0 Å². The summed E-state index contributed by atoms with van der Waals surface area (Å²) in [4.78, 5) is 97.2. The molecule has 0 heterocycles. The van der Waals surface area contributed by atoms with Gasteiger partial charge in [0.25, 0.3) is 0 Å². The molecule has 0 bridgehead atoms. The molecule has 0 saturated heterocycles. The molecule has 0 spiro atoms. The highest BCUT2D eigenvalue weighted by atomic mass is 16.3. The fraction of sp³-hybridized carbons (Fsp3) is 0.667. The standard InChI is InChI=1S/C24H42N8O10/c1-4-11(2)19(32-22(40)13(28-12(3)35)5-7-17(25)36)24(42)29-14(6-8-18(26)37)21(39)31-16(10-34)23(41)30-15(9-33)20(27)38/h11,13-16,19,33-34H,4-10H2,1-3H3,(H2,25,36)(H2,26,37)(H2,27,38)(H,28,35)(H,29,42)(H,30,41)(H,31,39)(H,32,40)/t11-,13-,14-,15-,16-,19-/m0/s1. The molecule has 0 aromatic heterocycles. The van der Waals surface area contributed by atoms with Gasteiger partial charge in [-0.15, -0.1) is 0 Å². The predicted octanol–water partition coefficient (Wildman–Crippen LogP) is -5.52. The number of aliphatic hydroxyl groups is 2. The Balaban J connectivity index is 5.91. The monoisotopic (exact) mass is 602 g/mol. The molecule has 238 valence electrons. The first-order valence-electron chi connectivity index (χ1n) is 13.1. The molecule has 6 atom stereocenters. The molecule has 18 heteroatoms. The normalized spacial score (nSPS) is 15.0. The Morgan fingerprint density at radius 1 is 0.619 bits per heavy atom. The Morgan fingerprint density at radius 3 is 1.43 bits per heavy atom. The van der Waals surface area contributed by atoms with Gasteiger partial charge in [0.05, 0.1) is 13.2 Å². The zero-order valence-corrected chi connectivity index (χ0v) is 23.8. The average molecular weight is 603 g/mol. The van der Waals surface area contributed by atoms with Crippen LogP contribution in [0.25, 0.3) is 0 Å². The van der Waals surface area contributed by atoms with E-state index in [0.29, 0.717) is 6.42 Å². The molecule has 13 N–H and O–H groups in total. The van der Waals surface area contributed by atoms with Crippen LogP contribution in [0.15, 0.2) is 0 Å². The molecule has 0 unspecified atom stereocenters. The van der Waals surface area contributed by atoms with Crippen LogP contribution in [0.2, 0.25) is 0 Å². The van der Waals surface area contributed by atoms with E-state index < -0.39 is 96.6 Å². The van der Waals surface area contributed by atoms with Crippen molar-refractivity contribution in [1.82, 2.24) is 26.6 Å². The molecule has 0 aromatic rings. The van der Waals surface area contributed by atoms with E-state index in [-0.39, 0.29) is 25.7 Å². The summed E-state index contributed by atoms with van der Waals surface area (Å²) in [6.45, 7) is 2.71. The van der Waals surface area contributed by atoms with Gasteiger partial charge in [-0.05, 0) is 18.8 Å². The van der Waals surface area contributed by atoms with Crippen LogP contribution in [0.4, 0.5) is 0 Å². The number of primary amides is 3. The van der Waals surface area contributed by atoms with Crippen LogP contribution in [-0.4, -0.2) is 101 Å². The molecule has 0 aliphatic carbocycles. The van der Waals surface area contributed by atoms with Gasteiger partial charge in [-0.1, -0.05) is 20.3 Å². The van der Waals surface area contributed by atoms with Gasteiger partial charge in [-0.3, -0.25) is 38.4 Å². The molecule has 0 radical (unpaired) electrons. The van der Waals surface area contributed by atoms with E-state index in [2.05, 4.69) is 26.6 Å². The zero-order valence-electron chi connectivity index (χ0n) is 23.8. The highest BCUT2D eigenvalue weighted by Gasteiger charge is 2.33. The lowest BCUT2D eigenvalue weighted by Crippen LogP contribution is -2.60. The van der Waals surface area contributed by atoms with Crippen molar-refractivity contribution in [2.45, 2.75) is 83.1 Å². The third kappa shape index (κ3) is 13.8. The Bertz CT molecular complexity index is 1010. The summed E-state index contributed by atoms with van der Waals surface area (Å²) in [5.74, 6) is -7.45. The zero-order chi connectivity index (χ0) is 32.6. The second kappa shape index (κ2) is 18.9. The number of nitrogens with one attached hydrogen (secondary N) is 5. The Labute approximate surface area is 242 Å². The quantitative estimate of drug-likeness (QED) is 0.0630. The van der Waals surface area contributed by atoms with Gasteiger partial charge in [0.2, 0.25) is 47.3 Å². The van der Waals surface area contributed by atoms with E-state index in [9.17, 15) is 48.6 Å². The molecular weight excluding hydrogens is 560 g/mol.